The van der Waals surface area contributed by atoms with Crippen molar-refractivity contribution in [2.24, 2.45) is 0 Å². The summed E-state index contributed by atoms with van der Waals surface area (Å²) in [6, 6.07) is 6.63. The minimum Gasteiger partial charge on any atom is -0.382 e. The van der Waals surface area contributed by atoms with E-state index in [9.17, 15) is 0 Å². The molecule has 1 aliphatic heterocycles. The lowest BCUT2D eigenvalue weighted by molar-refractivity contribution is 0.635. The summed E-state index contributed by atoms with van der Waals surface area (Å²) in [5.74, 6) is 0. The van der Waals surface area contributed by atoms with Crippen molar-refractivity contribution in [3.8, 4) is 0 Å². The third-order valence-electron chi connectivity index (χ3n) is 2.64. The maximum absolute atomic E-state index is 5.94. The fourth-order valence-electron chi connectivity index (χ4n) is 1.90. The first-order valence-corrected chi connectivity index (χ1v) is 5.37. The Hall–Kier alpha value is -0.730. The highest BCUT2D eigenvalue weighted by Gasteiger charge is 2.19. The van der Waals surface area contributed by atoms with Gasteiger partial charge in [-0.1, -0.05) is 11.6 Å². The summed E-state index contributed by atoms with van der Waals surface area (Å²) in [6.45, 7) is 1.05. The smallest absolute Gasteiger partial charge is 0.0410 e. The van der Waals surface area contributed by atoms with Gasteiger partial charge in [-0.15, -0.1) is 0 Å². The van der Waals surface area contributed by atoms with Crippen molar-refractivity contribution >= 4 is 17.3 Å². The summed E-state index contributed by atoms with van der Waals surface area (Å²) in [6.07, 6.45) is 2.25. The number of benzene rings is 1. The van der Waals surface area contributed by atoms with Crippen molar-refractivity contribution in [2.45, 2.75) is 18.9 Å². The maximum atomic E-state index is 5.94. The predicted molar refractivity (Wildman–Crippen MR) is 61.1 cm³/mol. The molecule has 1 unspecified atom stereocenters. The number of hydrogen-bond acceptors (Lipinski definition) is 2. The van der Waals surface area contributed by atoms with Crippen molar-refractivity contribution in [3.05, 3.63) is 28.8 Å². The lowest BCUT2D eigenvalue weighted by atomic mass is 10.1. The molecule has 0 aliphatic carbocycles. The van der Waals surface area contributed by atoms with Crippen LogP contribution in [0.3, 0.4) is 0 Å². The Balaban J connectivity index is 2.03. The van der Waals surface area contributed by atoms with Gasteiger partial charge in [-0.05, 0) is 50.2 Å². The molecular formula is C11H15ClN2. The lowest BCUT2D eigenvalue weighted by Gasteiger charge is -2.09. The van der Waals surface area contributed by atoms with E-state index < -0.39 is 0 Å². The number of halogens is 1. The summed E-state index contributed by atoms with van der Waals surface area (Å²) >= 11 is 5.94. The molecule has 1 aromatic rings. The highest BCUT2D eigenvalue weighted by Crippen LogP contribution is 2.29. The van der Waals surface area contributed by atoms with Gasteiger partial charge in [0.05, 0.1) is 0 Å². The van der Waals surface area contributed by atoms with Crippen LogP contribution in [0.5, 0.6) is 0 Å². The molecule has 2 nitrogen and oxygen atoms in total. The standard InChI is InChI=1S/C11H15ClN2/c1-13-5-4-10-7-8-6-9(12)2-3-11(8)14-10/h2-3,6,10,13-14H,4-5,7H2,1H3. The van der Waals surface area contributed by atoms with E-state index >= 15 is 0 Å². The van der Waals surface area contributed by atoms with Crippen LogP contribution in [0.15, 0.2) is 18.2 Å². The summed E-state index contributed by atoms with van der Waals surface area (Å²) in [7, 11) is 1.99. The van der Waals surface area contributed by atoms with Crippen LogP contribution in [-0.4, -0.2) is 19.6 Å². The monoisotopic (exact) mass is 210 g/mol. The Morgan fingerprint density at radius 1 is 1.57 bits per heavy atom. The van der Waals surface area contributed by atoms with Gasteiger partial charge in [-0.3, -0.25) is 0 Å². The van der Waals surface area contributed by atoms with E-state index in [-0.39, 0.29) is 0 Å². The van der Waals surface area contributed by atoms with Crippen LogP contribution in [0, 0.1) is 0 Å². The second-order valence-corrected chi connectivity index (χ2v) is 4.18. The molecule has 3 heteroatoms. The summed E-state index contributed by atoms with van der Waals surface area (Å²) in [4.78, 5) is 0. The molecule has 0 aromatic heterocycles. The molecule has 0 saturated heterocycles. The highest BCUT2D eigenvalue weighted by atomic mass is 35.5. The molecule has 0 saturated carbocycles. The largest absolute Gasteiger partial charge is 0.382 e. The topological polar surface area (TPSA) is 24.1 Å². The zero-order valence-electron chi connectivity index (χ0n) is 8.31. The molecule has 1 heterocycles. The van der Waals surface area contributed by atoms with Gasteiger partial charge in [0.1, 0.15) is 0 Å². The average Bonchev–Trinajstić information content (AvgIpc) is 2.56. The van der Waals surface area contributed by atoms with Crippen LogP contribution in [0.1, 0.15) is 12.0 Å². The third kappa shape index (κ3) is 2.02. The molecule has 0 fully saturated rings. The van der Waals surface area contributed by atoms with Crippen LogP contribution in [0.2, 0.25) is 5.02 Å². The molecule has 76 valence electrons. The van der Waals surface area contributed by atoms with Crippen molar-refractivity contribution in [3.63, 3.8) is 0 Å². The van der Waals surface area contributed by atoms with Gasteiger partial charge in [0.2, 0.25) is 0 Å². The second-order valence-electron chi connectivity index (χ2n) is 3.74. The first-order valence-electron chi connectivity index (χ1n) is 4.99. The summed E-state index contributed by atoms with van der Waals surface area (Å²) < 4.78 is 0. The number of hydrogen-bond donors (Lipinski definition) is 2. The van der Waals surface area contributed by atoms with Crippen molar-refractivity contribution in [1.82, 2.24) is 5.32 Å². The maximum Gasteiger partial charge on any atom is 0.0410 e. The lowest BCUT2D eigenvalue weighted by Crippen LogP contribution is -2.21. The van der Waals surface area contributed by atoms with Crippen LogP contribution >= 0.6 is 11.6 Å². The van der Waals surface area contributed by atoms with E-state index in [2.05, 4.69) is 22.8 Å². The quantitative estimate of drug-likeness (QED) is 0.800. The molecule has 14 heavy (non-hydrogen) atoms. The van der Waals surface area contributed by atoms with Crippen molar-refractivity contribution in [1.29, 1.82) is 0 Å². The summed E-state index contributed by atoms with van der Waals surface area (Å²) in [5.41, 5.74) is 2.59. The van der Waals surface area contributed by atoms with Crippen molar-refractivity contribution < 1.29 is 0 Å². The zero-order chi connectivity index (χ0) is 9.97. The van der Waals surface area contributed by atoms with Gasteiger partial charge in [0.25, 0.3) is 0 Å². The highest BCUT2D eigenvalue weighted by molar-refractivity contribution is 6.30. The van der Waals surface area contributed by atoms with Crippen LogP contribution < -0.4 is 10.6 Å². The van der Waals surface area contributed by atoms with Gasteiger partial charge in [0.15, 0.2) is 0 Å². The fraction of sp³-hybridized carbons (Fsp3) is 0.455. The van der Waals surface area contributed by atoms with Crippen LogP contribution in [0.4, 0.5) is 5.69 Å². The molecule has 0 bridgehead atoms. The number of rotatable bonds is 3. The number of nitrogens with one attached hydrogen (secondary N) is 2. The van der Waals surface area contributed by atoms with Gasteiger partial charge < -0.3 is 10.6 Å². The van der Waals surface area contributed by atoms with E-state index in [1.165, 1.54) is 11.3 Å². The first kappa shape index (κ1) is 9.81. The van der Waals surface area contributed by atoms with E-state index in [0.717, 1.165) is 24.4 Å². The number of fused-ring (bicyclic) bond motifs is 1. The molecular weight excluding hydrogens is 196 g/mol. The summed E-state index contributed by atoms with van der Waals surface area (Å²) in [5, 5.41) is 7.50. The first-order chi connectivity index (χ1) is 6.79. The second kappa shape index (κ2) is 4.20. The Morgan fingerprint density at radius 3 is 3.21 bits per heavy atom. The molecule has 1 aromatic carbocycles. The average molecular weight is 211 g/mol. The molecule has 0 spiro atoms. The van der Waals surface area contributed by atoms with Gasteiger partial charge >= 0.3 is 0 Å². The van der Waals surface area contributed by atoms with Crippen molar-refractivity contribution in [2.75, 3.05) is 18.9 Å². The zero-order valence-corrected chi connectivity index (χ0v) is 9.06. The Morgan fingerprint density at radius 2 is 2.43 bits per heavy atom. The molecule has 2 N–H and O–H groups in total. The normalized spacial score (nSPS) is 19.1. The van der Waals surface area contributed by atoms with E-state index in [0.29, 0.717) is 6.04 Å². The molecule has 1 aliphatic rings. The SMILES string of the molecule is CNCCC1Cc2cc(Cl)ccc2N1. The van der Waals surface area contributed by atoms with Crippen LogP contribution in [0.25, 0.3) is 0 Å². The number of anilines is 1. The van der Waals surface area contributed by atoms with E-state index in [1.54, 1.807) is 0 Å². The van der Waals surface area contributed by atoms with Crippen LogP contribution in [-0.2, 0) is 6.42 Å². The predicted octanol–water partition coefficient (Wildman–Crippen LogP) is 2.29. The van der Waals surface area contributed by atoms with Gasteiger partial charge in [-0.2, -0.15) is 0 Å². The third-order valence-corrected chi connectivity index (χ3v) is 2.87. The Kier molecular flexibility index (Phi) is 2.94. The molecule has 1 atom stereocenters. The Labute approximate surface area is 89.7 Å². The minimum absolute atomic E-state index is 0.566. The van der Waals surface area contributed by atoms with Gasteiger partial charge in [0, 0.05) is 16.8 Å². The fourth-order valence-corrected chi connectivity index (χ4v) is 2.10. The Bertz CT molecular complexity index is 325. The van der Waals surface area contributed by atoms with E-state index in [4.69, 9.17) is 11.6 Å². The minimum atomic E-state index is 0.566. The molecule has 0 radical (unpaired) electrons. The molecule has 2 rings (SSSR count). The van der Waals surface area contributed by atoms with E-state index in [1.807, 2.05) is 13.1 Å². The molecule has 0 amide bonds. The van der Waals surface area contributed by atoms with Gasteiger partial charge in [-0.25, -0.2) is 0 Å².